The third kappa shape index (κ3) is 2.92. The molecule has 0 fully saturated rings. The molecule has 4 rings (SSSR count). The fourth-order valence-corrected chi connectivity index (χ4v) is 9.84. The van der Waals surface area contributed by atoms with Gasteiger partial charge < -0.3 is 0 Å². The molecule has 0 atom stereocenters. The molecule has 0 spiro atoms. The third-order valence-corrected chi connectivity index (χ3v) is 11.8. The second-order valence-electron chi connectivity index (χ2n) is 6.74. The molecule has 4 aromatic rings. The van der Waals surface area contributed by atoms with Crippen LogP contribution in [0.1, 0.15) is 0 Å². The van der Waals surface area contributed by atoms with E-state index in [2.05, 4.69) is 72.8 Å². The van der Waals surface area contributed by atoms with Crippen molar-refractivity contribution in [3.05, 3.63) is 121 Å². The maximum absolute atomic E-state index is 7.10. The molecule has 0 bridgehead atoms. The predicted molar refractivity (Wildman–Crippen MR) is 123 cm³/mol. The standard InChI is InChI=1S/C25H22ClOP/c26-21-28(23-15-7-2-8-16-23,24-17-9-3-10-18-24,25-19-11-4-12-20-25)27-22-13-5-1-6-14-22/h1-20H,21H2. The maximum atomic E-state index is 7.10. The summed E-state index contributed by atoms with van der Waals surface area (Å²) < 4.78 is 7.10. The van der Waals surface area contributed by atoms with E-state index in [1.807, 2.05) is 48.5 Å². The van der Waals surface area contributed by atoms with Gasteiger partial charge in [-0.2, -0.15) is 0 Å². The molecule has 4 aromatic carbocycles. The Labute approximate surface area is 171 Å². The van der Waals surface area contributed by atoms with Gasteiger partial charge in [-0.05, 0) is 0 Å². The summed E-state index contributed by atoms with van der Waals surface area (Å²) in [4.78, 5) is 0. The molecule has 0 N–H and O–H groups in total. The van der Waals surface area contributed by atoms with E-state index in [-0.39, 0.29) is 0 Å². The Bertz CT molecular complexity index is 922. The number of hydrogen-bond acceptors (Lipinski definition) is 1. The van der Waals surface area contributed by atoms with Crippen molar-refractivity contribution in [1.29, 1.82) is 0 Å². The first-order valence-electron chi connectivity index (χ1n) is 9.28. The van der Waals surface area contributed by atoms with Gasteiger partial charge in [0.1, 0.15) is 0 Å². The molecule has 0 saturated heterocycles. The van der Waals surface area contributed by atoms with Crippen molar-refractivity contribution in [2.45, 2.75) is 0 Å². The van der Waals surface area contributed by atoms with E-state index in [4.69, 9.17) is 16.1 Å². The average molecular weight is 405 g/mol. The van der Waals surface area contributed by atoms with Crippen LogP contribution in [0.3, 0.4) is 0 Å². The Morgan fingerprint density at radius 2 is 0.821 bits per heavy atom. The molecule has 0 aromatic heterocycles. The topological polar surface area (TPSA) is 9.23 Å². The molecule has 0 aliphatic heterocycles. The van der Waals surface area contributed by atoms with Gasteiger partial charge >= 0.3 is 172 Å². The molecule has 0 aliphatic carbocycles. The van der Waals surface area contributed by atoms with Crippen molar-refractivity contribution < 1.29 is 4.52 Å². The predicted octanol–water partition coefficient (Wildman–Crippen LogP) is 5.71. The molecular formula is C25H22ClOP. The molecule has 0 aliphatic rings. The van der Waals surface area contributed by atoms with E-state index in [1.165, 1.54) is 0 Å². The van der Waals surface area contributed by atoms with Gasteiger partial charge in [-0.1, -0.05) is 0 Å². The fourth-order valence-electron chi connectivity index (χ4n) is 3.78. The van der Waals surface area contributed by atoms with E-state index in [0.717, 1.165) is 21.7 Å². The number of para-hydroxylation sites is 1. The van der Waals surface area contributed by atoms with Crippen molar-refractivity contribution in [3.8, 4) is 5.75 Å². The van der Waals surface area contributed by atoms with Crippen LogP contribution in [-0.4, -0.2) is 5.62 Å². The molecule has 140 valence electrons. The van der Waals surface area contributed by atoms with Crippen molar-refractivity contribution in [3.63, 3.8) is 0 Å². The van der Waals surface area contributed by atoms with E-state index in [1.54, 1.807) is 0 Å². The minimum atomic E-state index is -3.44. The van der Waals surface area contributed by atoms with Crippen LogP contribution < -0.4 is 20.4 Å². The van der Waals surface area contributed by atoms with Crippen LogP contribution in [0, 0.1) is 0 Å². The summed E-state index contributed by atoms with van der Waals surface area (Å²) in [7, 11) is 0. The zero-order valence-corrected chi connectivity index (χ0v) is 17.1. The molecular weight excluding hydrogens is 383 g/mol. The summed E-state index contributed by atoms with van der Waals surface area (Å²) in [6.07, 6.45) is 0. The summed E-state index contributed by atoms with van der Waals surface area (Å²) in [6, 6.07) is 41.3. The first kappa shape index (κ1) is 18.7. The molecule has 0 saturated carbocycles. The van der Waals surface area contributed by atoms with Crippen LogP contribution in [-0.2, 0) is 0 Å². The number of hydrogen-bond donors (Lipinski definition) is 0. The molecule has 0 radical (unpaired) electrons. The van der Waals surface area contributed by atoms with Crippen LogP contribution in [0.2, 0.25) is 0 Å². The summed E-state index contributed by atoms with van der Waals surface area (Å²) >= 11 is 6.97. The number of alkyl halides is 1. The van der Waals surface area contributed by atoms with Crippen LogP contribution in [0.25, 0.3) is 0 Å². The van der Waals surface area contributed by atoms with Crippen LogP contribution in [0.15, 0.2) is 121 Å². The van der Waals surface area contributed by atoms with Gasteiger partial charge in [0.25, 0.3) is 0 Å². The summed E-state index contributed by atoms with van der Waals surface area (Å²) in [5.74, 6) is 0.817. The number of rotatable bonds is 6. The van der Waals surface area contributed by atoms with Gasteiger partial charge in [0.2, 0.25) is 0 Å². The van der Waals surface area contributed by atoms with Crippen LogP contribution >= 0.6 is 18.4 Å². The van der Waals surface area contributed by atoms with Gasteiger partial charge in [-0.3, -0.25) is 0 Å². The Kier molecular flexibility index (Phi) is 5.22. The molecule has 0 unspecified atom stereocenters. The monoisotopic (exact) mass is 404 g/mol. The van der Waals surface area contributed by atoms with Crippen LogP contribution in [0.5, 0.6) is 5.75 Å². The SMILES string of the molecule is ClCP(Oc1ccccc1)(c1ccccc1)(c1ccccc1)c1ccccc1. The summed E-state index contributed by atoms with van der Waals surface area (Å²) in [5, 5.41) is 3.35. The van der Waals surface area contributed by atoms with Crippen molar-refractivity contribution in [1.82, 2.24) is 0 Å². The molecule has 28 heavy (non-hydrogen) atoms. The van der Waals surface area contributed by atoms with E-state index in [9.17, 15) is 0 Å². The van der Waals surface area contributed by atoms with Gasteiger partial charge in [-0.25, -0.2) is 0 Å². The van der Waals surface area contributed by atoms with Gasteiger partial charge in [-0.15, -0.1) is 0 Å². The zero-order valence-electron chi connectivity index (χ0n) is 15.5. The normalized spacial score (nSPS) is 12.7. The van der Waals surface area contributed by atoms with Crippen molar-refractivity contribution >= 4 is 34.3 Å². The van der Waals surface area contributed by atoms with E-state index >= 15 is 0 Å². The van der Waals surface area contributed by atoms with Crippen LogP contribution in [0.4, 0.5) is 0 Å². The van der Waals surface area contributed by atoms with Crippen molar-refractivity contribution in [2.75, 3.05) is 5.62 Å². The Hall–Kier alpha value is -2.60. The van der Waals surface area contributed by atoms with E-state index in [0.29, 0.717) is 5.62 Å². The van der Waals surface area contributed by atoms with Gasteiger partial charge in [0, 0.05) is 0 Å². The Morgan fingerprint density at radius 3 is 1.14 bits per heavy atom. The zero-order chi connectivity index (χ0) is 19.3. The minimum absolute atomic E-state index is 0.346. The molecule has 3 heteroatoms. The Balaban J connectivity index is 2.14. The average Bonchev–Trinajstić information content (AvgIpc) is 2.80. The van der Waals surface area contributed by atoms with Gasteiger partial charge in [0.15, 0.2) is 0 Å². The molecule has 0 heterocycles. The first-order valence-corrected chi connectivity index (χ1v) is 12.2. The van der Waals surface area contributed by atoms with Crippen molar-refractivity contribution in [2.24, 2.45) is 0 Å². The van der Waals surface area contributed by atoms with E-state index < -0.39 is 6.83 Å². The quantitative estimate of drug-likeness (QED) is 0.295. The Morgan fingerprint density at radius 1 is 0.500 bits per heavy atom. The number of benzene rings is 4. The first-order chi connectivity index (χ1) is 13.8. The summed E-state index contributed by atoms with van der Waals surface area (Å²) in [5.41, 5.74) is 0.346. The third-order valence-electron chi connectivity index (χ3n) is 5.19. The van der Waals surface area contributed by atoms with Gasteiger partial charge in [0.05, 0.1) is 0 Å². The molecule has 0 amide bonds. The second-order valence-corrected chi connectivity index (χ2v) is 11.9. The summed E-state index contributed by atoms with van der Waals surface area (Å²) in [6.45, 7) is -3.44. The molecule has 1 nitrogen and oxygen atoms in total. The number of halogens is 1. The second kappa shape index (κ2) is 7.80. The fraction of sp³-hybridized carbons (Fsp3) is 0.0400.